The largest absolute Gasteiger partial charge is 0.481 e. The number of rotatable bonds is 6. The minimum atomic E-state index is -0.641. The van der Waals surface area contributed by atoms with Crippen molar-refractivity contribution in [2.45, 2.75) is 77.0 Å². The Balaban J connectivity index is 0.000000176. The molecule has 6 nitrogen and oxygen atoms in total. The van der Waals surface area contributed by atoms with Gasteiger partial charge >= 0.3 is 11.9 Å². The first-order valence-electron chi connectivity index (χ1n) is 11.1. The number of carboxylic acids is 1. The van der Waals surface area contributed by atoms with Crippen molar-refractivity contribution in [1.29, 1.82) is 0 Å². The number of esters is 1. The molecule has 2 aliphatic carbocycles. The molecular weight excluding hydrogens is 432 g/mol. The number of ether oxygens (including phenoxy) is 1. The van der Waals surface area contributed by atoms with Crippen molar-refractivity contribution in [2.24, 2.45) is 10.8 Å². The van der Waals surface area contributed by atoms with E-state index < -0.39 is 11.4 Å². The number of aliphatic carboxylic acids is 1. The number of hydrogen-bond acceptors (Lipinski definition) is 7. The highest BCUT2D eigenvalue weighted by Gasteiger charge is 2.41. The van der Waals surface area contributed by atoms with Crippen molar-refractivity contribution < 1.29 is 19.4 Å². The minimum Gasteiger partial charge on any atom is -0.481 e. The van der Waals surface area contributed by atoms with Crippen LogP contribution in [-0.4, -0.2) is 34.1 Å². The third-order valence-electron chi connectivity index (χ3n) is 6.64. The molecule has 2 fully saturated rings. The fraction of sp³-hybridized carbons (Fsp3) is 0.652. The second-order valence-electron chi connectivity index (χ2n) is 8.68. The summed E-state index contributed by atoms with van der Waals surface area (Å²) in [6.07, 6.45) is 15.1. The summed E-state index contributed by atoms with van der Waals surface area (Å²) in [4.78, 5) is 31.8. The molecule has 2 aliphatic rings. The highest BCUT2D eigenvalue weighted by Crippen LogP contribution is 2.41. The van der Waals surface area contributed by atoms with Gasteiger partial charge in [-0.1, -0.05) is 38.5 Å². The molecule has 0 unspecified atom stereocenters. The van der Waals surface area contributed by atoms with Crippen LogP contribution in [0.1, 0.15) is 74.2 Å². The van der Waals surface area contributed by atoms with Crippen LogP contribution in [0.3, 0.4) is 0 Å². The summed E-state index contributed by atoms with van der Waals surface area (Å²) >= 11 is 3.18. The monoisotopic (exact) mass is 464 g/mol. The fourth-order valence-corrected chi connectivity index (χ4v) is 6.37. The Hall–Kier alpha value is -1.80. The zero-order chi connectivity index (χ0) is 22.2. The average molecular weight is 465 g/mol. The molecule has 2 aromatic rings. The van der Waals surface area contributed by atoms with Gasteiger partial charge in [-0.15, -0.1) is 22.7 Å². The molecule has 0 atom stereocenters. The summed E-state index contributed by atoms with van der Waals surface area (Å²) in [5.74, 6) is -0.695. The van der Waals surface area contributed by atoms with Crippen LogP contribution < -0.4 is 0 Å². The molecule has 1 N–H and O–H groups in total. The topological polar surface area (TPSA) is 89.4 Å². The van der Waals surface area contributed by atoms with E-state index in [4.69, 9.17) is 4.74 Å². The van der Waals surface area contributed by atoms with Crippen molar-refractivity contribution in [2.75, 3.05) is 7.11 Å². The molecule has 0 amide bonds. The number of thiazole rings is 2. The van der Waals surface area contributed by atoms with Crippen LogP contribution >= 0.6 is 22.7 Å². The van der Waals surface area contributed by atoms with E-state index >= 15 is 0 Å². The van der Waals surface area contributed by atoms with Crippen LogP contribution in [-0.2, 0) is 27.2 Å². The Morgan fingerprint density at radius 1 is 0.871 bits per heavy atom. The Kier molecular flexibility index (Phi) is 8.60. The second-order valence-corrected chi connectivity index (χ2v) is 10.6. The predicted octanol–water partition coefficient (Wildman–Crippen LogP) is 5.53. The zero-order valence-electron chi connectivity index (χ0n) is 18.2. The maximum Gasteiger partial charge on any atom is 0.312 e. The van der Waals surface area contributed by atoms with Gasteiger partial charge in [-0.25, -0.2) is 9.97 Å². The second kappa shape index (κ2) is 11.2. The van der Waals surface area contributed by atoms with Crippen LogP contribution in [0.15, 0.2) is 23.2 Å². The SMILES string of the molecule is COC(=O)C1(Cc2nccs2)CCCCC1.O=C(O)C1(Cc2nccs2)CCCCC1. The zero-order valence-corrected chi connectivity index (χ0v) is 19.8. The van der Waals surface area contributed by atoms with Gasteiger partial charge in [0.05, 0.1) is 28.0 Å². The van der Waals surface area contributed by atoms with Crippen molar-refractivity contribution in [3.8, 4) is 0 Å². The van der Waals surface area contributed by atoms with Gasteiger partial charge < -0.3 is 9.84 Å². The summed E-state index contributed by atoms with van der Waals surface area (Å²) in [7, 11) is 1.49. The van der Waals surface area contributed by atoms with E-state index in [0.29, 0.717) is 6.42 Å². The Morgan fingerprint density at radius 2 is 1.32 bits per heavy atom. The summed E-state index contributed by atoms with van der Waals surface area (Å²) in [5.41, 5.74) is -0.832. The van der Waals surface area contributed by atoms with Crippen LogP contribution in [0.4, 0.5) is 0 Å². The Morgan fingerprint density at radius 3 is 1.71 bits per heavy atom. The highest BCUT2D eigenvalue weighted by atomic mass is 32.1. The van der Waals surface area contributed by atoms with Crippen molar-refractivity contribution in [1.82, 2.24) is 9.97 Å². The Labute approximate surface area is 192 Å². The number of nitrogens with zero attached hydrogens (tertiary/aromatic N) is 2. The van der Waals surface area contributed by atoms with Gasteiger partial charge in [-0.2, -0.15) is 0 Å². The number of methoxy groups -OCH3 is 1. The molecule has 2 heterocycles. The van der Waals surface area contributed by atoms with Crippen molar-refractivity contribution in [3.05, 3.63) is 33.2 Å². The molecule has 31 heavy (non-hydrogen) atoms. The molecule has 170 valence electrons. The third-order valence-corrected chi connectivity index (χ3v) is 8.20. The van der Waals surface area contributed by atoms with E-state index in [1.807, 2.05) is 10.8 Å². The van der Waals surface area contributed by atoms with Gasteiger partial charge in [-0.05, 0) is 25.7 Å². The average Bonchev–Trinajstić information content (AvgIpc) is 3.49. The van der Waals surface area contributed by atoms with E-state index in [1.54, 1.807) is 35.1 Å². The highest BCUT2D eigenvalue weighted by molar-refractivity contribution is 7.09. The van der Waals surface area contributed by atoms with E-state index in [0.717, 1.165) is 67.8 Å². The predicted molar refractivity (Wildman–Crippen MR) is 122 cm³/mol. The number of carbonyl (C=O) groups excluding carboxylic acids is 1. The lowest BCUT2D eigenvalue weighted by Gasteiger charge is -2.33. The lowest BCUT2D eigenvalue weighted by molar-refractivity contribution is -0.155. The van der Waals surface area contributed by atoms with Gasteiger partial charge in [-0.3, -0.25) is 9.59 Å². The van der Waals surface area contributed by atoms with Crippen LogP contribution in [0, 0.1) is 10.8 Å². The fourth-order valence-electron chi connectivity index (χ4n) is 4.85. The quantitative estimate of drug-likeness (QED) is 0.565. The van der Waals surface area contributed by atoms with Gasteiger partial charge in [0.15, 0.2) is 0 Å². The van der Waals surface area contributed by atoms with Crippen LogP contribution in [0.2, 0.25) is 0 Å². The molecule has 8 heteroatoms. The molecular formula is C23H32N2O4S2. The van der Waals surface area contributed by atoms with E-state index in [2.05, 4.69) is 9.97 Å². The van der Waals surface area contributed by atoms with Crippen LogP contribution in [0.25, 0.3) is 0 Å². The number of hydrogen-bond donors (Lipinski definition) is 1. The van der Waals surface area contributed by atoms with E-state index in [-0.39, 0.29) is 11.4 Å². The molecule has 0 aromatic carbocycles. The standard InChI is InChI=1S/C12H17NO2S.C11H15NO2S/c1-15-11(14)12(5-3-2-4-6-12)9-10-13-7-8-16-10;13-10(14)11(4-2-1-3-5-11)8-9-12-6-7-15-9/h7-8H,2-6,9H2,1H3;6-7H,1-5,8H2,(H,13,14). The lowest BCUT2D eigenvalue weighted by Crippen LogP contribution is -2.36. The van der Waals surface area contributed by atoms with Crippen molar-refractivity contribution >= 4 is 34.6 Å². The maximum atomic E-state index is 12.0. The van der Waals surface area contributed by atoms with Gasteiger partial charge in [0.25, 0.3) is 0 Å². The summed E-state index contributed by atoms with van der Waals surface area (Å²) < 4.78 is 4.98. The van der Waals surface area contributed by atoms with Gasteiger partial charge in [0.2, 0.25) is 0 Å². The molecule has 4 rings (SSSR count). The molecule has 0 spiro atoms. The van der Waals surface area contributed by atoms with Gasteiger partial charge in [0.1, 0.15) is 0 Å². The molecule has 0 bridgehead atoms. The smallest absolute Gasteiger partial charge is 0.312 e. The third kappa shape index (κ3) is 6.13. The van der Waals surface area contributed by atoms with Crippen LogP contribution in [0.5, 0.6) is 0 Å². The first kappa shape index (κ1) is 23.9. The molecule has 2 saturated carbocycles. The van der Waals surface area contributed by atoms with Crippen molar-refractivity contribution in [3.63, 3.8) is 0 Å². The summed E-state index contributed by atoms with van der Waals surface area (Å²) in [6, 6.07) is 0. The molecule has 0 saturated heterocycles. The first-order valence-corrected chi connectivity index (χ1v) is 12.8. The van der Waals surface area contributed by atoms with Gasteiger partial charge in [0, 0.05) is 36.0 Å². The number of aromatic nitrogens is 2. The number of carbonyl (C=O) groups is 2. The van der Waals surface area contributed by atoms with E-state index in [1.165, 1.54) is 20.0 Å². The van der Waals surface area contributed by atoms with E-state index in [9.17, 15) is 14.7 Å². The first-order chi connectivity index (χ1) is 15.0. The lowest BCUT2D eigenvalue weighted by atomic mass is 9.72. The summed E-state index contributed by atoms with van der Waals surface area (Å²) in [5, 5.41) is 15.2. The molecule has 0 radical (unpaired) electrons. The molecule has 0 aliphatic heterocycles. The number of carboxylic acid groups (broad SMARTS) is 1. The molecule has 2 aromatic heterocycles. The minimum absolute atomic E-state index is 0.0533. The maximum absolute atomic E-state index is 12.0. The Bertz CT molecular complexity index is 809. The summed E-state index contributed by atoms with van der Waals surface area (Å²) in [6.45, 7) is 0. The normalized spacial score (nSPS) is 19.6.